The molecule has 0 amide bonds. The third-order valence-electron chi connectivity index (χ3n) is 5.08. The molecular weight excluding hydrogens is 324 g/mol. The predicted molar refractivity (Wildman–Crippen MR) is 107 cm³/mol. The van der Waals surface area contributed by atoms with Gasteiger partial charge in [0.1, 0.15) is 0 Å². The van der Waals surface area contributed by atoms with E-state index in [1.807, 2.05) is 19.9 Å². The summed E-state index contributed by atoms with van der Waals surface area (Å²) in [4.78, 5) is 15.1. The van der Waals surface area contributed by atoms with Crippen molar-refractivity contribution < 1.29 is 9.90 Å². The zero-order chi connectivity index (χ0) is 19.3. The van der Waals surface area contributed by atoms with E-state index >= 15 is 0 Å². The number of carbonyl (C=O) groups excluding carboxylic acids is 1. The molecule has 0 radical (unpaired) electrons. The molecule has 0 aliphatic heterocycles. The van der Waals surface area contributed by atoms with E-state index < -0.39 is 0 Å². The molecule has 1 atom stereocenters. The van der Waals surface area contributed by atoms with E-state index in [-0.39, 0.29) is 18.4 Å². The minimum atomic E-state index is 0.0412. The zero-order valence-corrected chi connectivity index (χ0v) is 16.7. The minimum absolute atomic E-state index is 0.0412. The van der Waals surface area contributed by atoms with Gasteiger partial charge in [0.25, 0.3) is 0 Å². The normalized spacial score (nSPS) is 12.6. The maximum absolute atomic E-state index is 13.0. The minimum Gasteiger partial charge on any atom is -0.395 e. The fraction of sp³-hybridized carbons (Fsp3) is 0.500. The van der Waals surface area contributed by atoms with Crippen molar-refractivity contribution in [3.05, 3.63) is 52.8 Å². The Balaban J connectivity index is 2.29. The monoisotopic (exact) mass is 356 g/mol. The maximum Gasteiger partial charge on any atom is 0.178 e. The number of hydrogen-bond acceptors (Lipinski definition) is 3. The summed E-state index contributed by atoms with van der Waals surface area (Å²) in [7, 11) is 0. The van der Waals surface area contributed by atoms with Crippen LogP contribution in [0, 0.1) is 20.8 Å². The number of carbonyl (C=O) groups is 1. The van der Waals surface area contributed by atoms with Gasteiger partial charge in [-0.25, -0.2) is 0 Å². The van der Waals surface area contributed by atoms with Gasteiger partial charge < -0.3 is 9.67 Å². The fourth-order valence-electron chi connectivity index (χ4n) is 3.59. The van der Waals surface area contributed by atoms with E-state index in [0.717, 1.165) is 42.0 Å². The summed E-state index contributed by atoms with van der Waals surface area (Å²) >= 11 is 0. The van der Waals surface area contributed by atoms with Crippen LogP contribution in [0.4, 0.5) is 0 Å². The molecule has 1 N–H and O–H groups in total. The van der Waals surface area contributed by atoms with Crippen molar-refractivity contribution in [2.75, 3.05) is 19.7 Å². The third kappa shape index (κ3) is 4.43. The molecule has 0 bridgehead atoms. The summed E-state index contributed by atoms with van der Waals surface area (Å²) in [5.74, 6) is 0.122. The number of rotatable bonds is 9. The number of Topliss-reactive ketones (excluding diaryl/α,β-unsaturated/α-hetero) is 1. The largest absolute Gasteiger partial charge is 0.395 e. The Morgan fingerprint density at radius 3 is 2.35 bits per heavy atom. The van der Waals surface area contributed by atoms with E-state index in [0.29, 0.717) is 6.54 Å². The molecule has 1 aromatic heterocycles. The van der Waals surface area contributed by atoms with Crippen LogP contribution in [0.3, 0.4) is 0 Å². The number of aromatic nitrogens is 1. The van der Waals surface area contributed by atoms with Crippen molar-refractivity contribution in [3.63, 3.8) is 0 Å². The second-order valence-electron chi connectivity index (χ2n) is 7.09. The SMILES string of the molecule is CCCN(CC(=O)c1cc(C)n(-c2ccc(C)cc2)c1C)C(CC)CO. The van der Waals surface area contributed by atoms with Gasteiger partial charge in [0.2, 0.25) is 0 Å². The van der Waals surface area contributed by atoms with Crippen molar-refractivity contribution in [2.24, 2.45) is 0 Å². The molecule has 0 saturated carbocycles. The van der Waals surface area contributed by atoms with E-state index in [9.17, 15) is 9.90 Å². The smallest absolute Gasteiger partial charge is 0.178 e. The third-order valence-corrected chi connectivity index (χ3v) is 5.08. The van der Waals surface area contributed by atoms with Crippen LogP contribution in [0.15, 0.2) is 30.3 Å². The molecule has 26 heavy (non-hydrogen) atoms. The molecule has 0 saturated heterocycles. The Bertz CT molecular complexity index is 727. The van der Waals surface area contributed by atoms with Gasteiger partial charge in [-0.1, -0.05) is 31.5 Å². The Labute approximate surface area is 157 Å². The average Bonchev–Trinajstić information content (AvgIpc) is 2.91. The molecule has 4 heteroatoms. The van der Waals surface area contributed by atoms with Gasteiger partial charge in [-0.15, -0.1) is 0 Å². The summed E-state index contributed by atoms with van der Waals surface area (Å²) in [5, 5.41) is 9.62. The second kappa shape index (κ2) is 9.15. The van der Waals surface area contributed by atoms with Gasteiger partial charge in [0, 0.05) is 28.7 Å². The highest BCUT2D eigenvalue weighted by Gasteiger charge is 2.22. The zero-order valence-electron chi connectivity index (χ0n) is 16.7. The molecule has 0 spiro atoms. The van der Waals surface area contributed by atoms with Crippen molar-refractivity contribution in [1.29, 1.82) is 0 Å². The quantitative estimate of drug-likeness (QED) is 0.689. The summed E-state index contributed by atoms with van der Waals surface area (Å²) in [6, 6.07) is 10.4. The predicted octanol–water partition coefficient (Wildman–Crippen LogP) is 4.07. The highest BCUT2D eigenvalue weighted by molar-refractivity contribution is 5.99. The molecular formula is C22H32N2O2. The first-order chi connectivity index (χ1) is 12.4. The van der Waals surface area contributed by atoms with Gasteiger partial charge in [0.05, 0.1) is 13.2 Å². The molecule has 2 aromatic rings. The number of aliphatic hydroxyl groups excluding tert-OH is 1. The summed E-state index contributed by atoms with van der Waals surface area (Å²) in [6.07, 6.45) is 1.80. The first-order valence-corrected chi connectivity index (χ1v) is 9.56. The standard InChI is InChI=1S/C22H32N2O2/c1-6-12-23(19(7-2)15-25)14-22(26)21-13-17(4)24(18(21)5)20-10-8-16(3)9-11-20/h8-11,13,19,25H,6-7,12,14-15H2,1-5H3. The fourth-order valence-corrected chi connectivity index (χ4v) is 3.59. The molecule has 2 rings (SSSR count). The van der Waals surface area contributed by atoms with Gasteiger partial charge in [-0.05, 0) is 58.4 Å². The Morgan fingerprint density at radius 1 is 1.15 bits per heavy atom. The summed E-state index contributed by atoms with van der Waals surface area (Å²) in [5.41, 5.74) is 5.11. The molecule has 0 aliphatic rings. The van der Waals surface area contributed by atoms with E-state index in [2.05, 4.69) is 54.5 Å². The van der Waals surface area contributed by atoms with Crippen LogP contribution in [0.25, 0.3) is 5.69 Å². The molecule has 4 nitrogen and oxygen atoms in total. The van der Waals surface area contributed by atoms with E-state index in [4.69, 9.17) is 0 Å². The van der Waals surface area contributed by atoms with Crippen molar-refractivity contribution in [2.45, 2.75) is 53.5 Å². The summed E-state index contributed by atoms with van der Waals surface area (Å²) < 4.78 is 2.14. The molecule has 0 fully saturated rings. The number of benzene rings is 1. The highest BCUT2D eigenvalue weighted by atomic mass is 16.3. The average molecular weight is 357 g/mol. The molecule has 142 valence electrons. The van der Waals surface area contributed by atoms with E-state index in [1.54, 1.807) is 0 Å². The van der Waals surface area contributed by atoms with Gasteiger partial charge in [-0.2, -0.15) is 0 Å². The molecule has 1 heterocycles. The Kier molecular flexibility index (Phi) is 7.18. The van der Waals surface area contributed by atoms with Crippen molar-refractivity contribution >= 4 is 5.78 Å². The first-order valence-electron chi connectivity index (χ1n) is 9.56. The number of aliphatic hydroxyl groups is 1. The van der Waals surface area contributed by atoms with Crippen LogP contribution in [0.2, 0.25) is 0 Å². The number of nitrogens with zero attached hydrogens (tertiary/aromatic N) is 2. The van der Waals surface area contributed by atoms with Crippen LogP contribution in [0.1, 0.15) is 54.0 Å². The number of aryl methyl sites for hydroxylation is 2. The van der Waals surface area contributed by atoms with Crippen LogP contribution >= 0.6 is 0 Å². The van der Waals surface area contributed by atoms with Crippen LogP contribution < -0.4 is 0 Å². The maximum atomic E-state index is 13.0. The topological polar surface area (TPSA) is 45.5 Å². The molecule has 0 aliphatic carbocycles. The van der Waals surface area contributed by atoms with Crippen molar-refractivity contribution in [3.8, 4) is 5.69 Å². The van der Waals surface area contributed by atoms with Gasteiger partial charge in [0.15, 0.2) is 5.78 Å². The second-order valence-corrected chi connectivity index (χ2v) is 7.09. The lowest BCUT2D eigenvalue weighted by Gasteiger charge is -2.28. The number of hydrogen-bond donors (Lipinski definition) is 1. The van der Waals surface area contributed by atoms with Crippen LogP contribution in [-0.2, 0) is 0 Å². The lowest BCUT2D eigenvalue weighted by atomic mass is 10.1. The lowest BCUT2D eigenvalue weighted by molar-refractivity contribution is 0.0812. The van der Waals surface area contributed by atoms with Crippen LogP contribution in [-0.4, -0.2) is 46.1 Å². The van der Waals surface area contributed by atoms with E-state index in [1.165, 1.54) is 5.56 Å². The molecule has 1 aromatic carbocycles. The summed E-state index contributed by atoms with van der Waals surface area (Å²) in [6.45, 7) is 11.5. The number of ketones is 1. The lowest BCUT2D eigenvalue weighted by Crippen LogP contribution is -2.41. The Morgan fingerprint density at radius 2 is 1.81 bits per heavy atom. The first kappa shape index (κ1) is 20.4. The molecule has 1 unspecified atom stereocenters. The van der Waals surface area contributed by atoms with Crippen LogP contribution in [0.5, 0.6) is 0 Å². The highest BCUT2D eigenvalue weighted by Crippen LogP contribution is 2.22. The van der Waals surface area contributed by atoms with Gasteiger partial charge in [-0.3, -0.25) is 9.69 Å². The van der Waals surface area contributed by atoms with Crippen molar-refractivity contribution in [1.82, 2.24) is 9.47 Å². The van der Waals surface area contributed by atoms with Gasteiger partial charge >= 0.3 is 0 Å². The Hall–Kier alpha value is -1.91.